The summed E-state index contributed by atoms with van der Waals surface area (Å²) in [6, 6.07) is 5.02. The molecule has 3 saturated heterocycles. The van der Waals surface area contributed by atoms with E-state index in [1.807, 2.05) is 13.8 Å². The second kappa shape index (κ2) is 9.17. The summed E-state index contributed by atoms with van der Waals surface area (Å²) < 4.78 is 11.6. The monoisotopic (exact) mass is 542 g/mol. The number of alkyl halides is 1. The van der Waals surface area contributed by atoms with Crippen molar-refractivity contribution >= 4 is 51.0 Å². The maximum Gasteiger partial charge on any atom is 0.312 e. The number of benzene rings is 1. The van der Waals surface area contributed by atoms with Crippen LogP contribution in [-0.4, -0.2) is 69.6 Å². The summed E-state index contributed by atoms with van der Waals surface area (Å²) in [6.45, 7) is 5.32. The lowest BCUT2D eigenvalue weighted by Gasteiger charge is -2.38. The smallest absolute Gasteiger partial charge is 0.312 e. The fourth-order valence-electron chi connectivity index (χ4n) is 5.60. The van der Waals surface area contributed by atoms with Gasteiger partial charge < -0.3 is 24.8 Å². The number of amides is 2. The molecule has 2 N–H and O–H groups in total. The molecular weight excluding hydrogens is 516 g/mol. The molecule has 2 amide bonds. The van der Waals surface area contributed by atoms with Crippen LogP contribution in [0.3, 0.4) is 0 Å². The molecule has 4 rings (SSSR count). The van der Waals surface area contributed by atoms with Gasteiger partial charge in [-0.25, -0.2) is 0 Å². The van der Waals surface area contributed by atoms with Crippen molar-refractivity contribution < 1.29 is 29.0 Å². The first-order chi connectivity index (χ1) is 15.7. The topological polar surface area (TPSA) is 105 Å². The Balaban J connectivity index is 1.77. The number of hydrogen-bond donors (Lipinski definition) is 2. The van der Waals surface area contributed by atoms with Gasteiger partial charge in [0.25, 0.3) is 0 Å². The lowest BCUT2D eigenvalue weighted by molar-refractivity contribution is -0.155. The number of aliphatic hydroxyl groups is 1. The van der Waals surface area contributed by atoms with Gasteiger partial charge in [0.05, 0.1) is 37.2 Å². The number of nitrogens with one attached hydrogen (secondary N) is 1. The zero-order valence-corrected chi connectivity index (χ0v) is 21.0. The number of fused-ring (bicyclic) bond motifs is 1. The van der Waals surface area contributed by atoms with E-state index in [2.05, 4.69) is 21.2 Å². The molecule has 0 aromatic heterocycles. The number of halogens is 2. The molecule has 3 aliphatic heterocycles. The molecule has 1 spiro atoms. The molecule has 3 unspecified atom stereocenters. The largest absolute Gasteiger partial charge is 0.466 e. The molecule has 8 nitrogen and oxygen atoms in total. The van der Waals surface area contributed by atoms with E-state index < -0.39 is 47.5 Å². The van der Waals surface area contributed by atoms with E-state index >= 15 is 0 Å². The molecule has 3 aliphatic rings. The van der Waals surface area contributed by atoms with Gasteiger partial charge in [-0.3, -0.25) is 14.4 Å². The highest BCUT2D eigenvalue weighted by Crippen LogP contribution is 2.60. The maximum absolute atomic E-state index is 13.8. The second-order valence-electron chi connectivity index (χ2n) is 9.15. The van der Waals surface area contributed by atoms with E-state index in [1.165, 1.54) is 4.90 Å². The first kappa shape index (κ1) is 24.4. The van der Waals surface area contributed by atoms with Crippen LogP contribution in [0.25, 0.3) is 0 Å². The van der Waals surface area contributed by atoms with Crippen LogP contribution in [0.5, 0.6) is 0 Å². The van der Waals surface area contributed by atoms with Crippen LogP contribution in [0.15, 0.2) is 24.3 Å². The minimum atomic E-state index is -1.20. The molecule has 1 aromatic rings. The third-order valence-corrected chi connectivity index (χ3v) is 8.06. The van der Waals surface area contributed by atoms with Crippen molar-refractivity contribution in [2.45, 2.75) is 55.8 Å². The molecular formula is C23H28BrClN2O6. The predicted octanol–water partition coefficient (Wildman–Crippen LogP) is 2.61. The van der Waals surface area contributed by atoms with Crippen molar-refractivity contribution in [3.05, 3.63) is 29.3 Å². The Labute approximate surface area is 206 Å². The fourth-order valence-corrected chi connectivity index (χ4v) is 6.66. The summed E-state index contributed by atoms with van der Waals surface area (Å²) in [7, 11) is 0. The van der Waals surface area contributed by atoms with E-state index in [0.717, 1.165) is 0 Å². The summed E-state index contributed by atoms with van der Waals surface area (Å²) >= 11 is 9.56. The number of anilines is 1. The van der Waals surface area contributed by atoms with Crippen molar-refractivity contribution in [2.24, 2.45) is 17.8 Å². The number of rotatable bonds is 7. The van der Waals surface area contributed by atoms with Crippen molar-refractivity contribution in [1.82, 2.24) is 4.90 Å². The zero-order valence-electron chi connectivity index (χ0n) is 18.7. The number of nitrogens with zero attached hydrogens (tertiary/aromatic N) is 1. The number of esters is 1. The zero-order chi connectivity index (χ0) is 24.1. The summed E-state index contributed by atoms with van der Waals surface area (Å²) in [4.78, 5) is 41.6. The molecule has 1 aromatic carbocycles. The Morgan fingerprint density at radius 3 is 2.61 bits per heavy atom. The molecule has 0 radical (unpaired) electrons. The third kappa shape index (κ3) is 3.87. The van der Waals surface area contributed by atoms with Crippen molar-refractivity contribution in [1.29, 1.82) is 0 Å². The van der Waals surface area contributed by atoms with Crippen molar-refractivity contribution in [2.75, 3.05) is 18.5 Å². The molecule has 7 atom stereocenters. The van der Waals surface area contributed by atoms with Gasteiger partial charge in [-0.1, -0.05) is 41.4 Å². The van der Waals surface area contributed by atoms with Gasteiger partial charge in [0, 0.05) is 15.5 Å². The number of carbonyl (C=O) groups is 3. The standard InChI is InChI=1S/C23H28BrClN2O6/c1-4-32-22(31)16-17-21(30)27(15(10-28)11(2)3)19(23(17)9-14(24)18(16)33-23)20(29)26-13-7-5-12(25)6-8-13/h5-8,11,14-19,28H,4,9-10H2,1-3H3,(H,26,29)/t14?,15-,16+,17-,18+,19?,23?/m0/s1. The van der Waals surface area contributed by atoms with Crippen LogP contribution in [0, 0.1) is 17.8 Å². The number of ether oxygens (including phenoxy) is 2. The maximum atomic E-state index is 13.8. The average molecular weight is 544 g/mol. The first-order valence-corrected chi connectivity index (χ1v) is 12.4. The highest BCUT2D eigenvalue weighted by atomic mass is 79.9. The Morgan fingerprint density at radius 2 is 2.03 bits per heavy atom. The van der Waals surface area contributed by atoms with Gasteiger partial charge in [-0.05, 0) is 43.5 Å². The molecule has 180 valence electrons. The van der Waals surface area contributed by atoms with Gasteiger partial charge in [0.1, 0.15) is 11.6 Å². The first-order valence-electron chi connectivity index (χ1n) is 11.1. The fraction of sp³-hybridized carbons (Fsp3) is 0.609. The van der Waals surface area contributed by atoms with Crippen LogP contribution < -0.4 is 5.32 Å². The predicted molar refractivity (Wildman–Crippen MR) is 125 cm³/mol. The Kier molecular flexibility index (Phi) is 6.79. The van der Waals surface area contributed by atoms with Gasteiger partial charge >= 0.3 is 5.97 Å². The number of aliphatic hydroxyl groups excluding tert-OH is 1. The molecule has 3 heterocycles. The molecule has 0 saturated carbocycles. The van der Waals surface area contributed by atoms with Crippen LogP contribution in [0.2, 0.25) is 5.02 Å². The van der Waals surface area contributed by atoms with Gasteiger partial charge in [0.2, 0.25) is 11.8 Å². The molecule has 0 aliphatic carbocycles. The van der Waals surface area contributed by atoms with E-state index in [4.69, 9.17) is 21.1 Å². The average Bonchev–Trinajstić information content (AvgIpc) is 3.34. The minimum absolute atomic E-state index is 0.127. The number of carbonyl (C=O) groups excluding carboxylic acids is 3. The number of hydrogen-bond acceptors (Lipinski definition) is 6. The van der Waals surface area contributed by atoms with Crippen LogP contribution in [-0.2, 0) is 23.9 Å². The Bertz CT molecular complexity index is 943. The van der Waals surface area contributed by atoms with Crippen LogP contribution in [0.4, 0.5) is 5.69 Å². The summed E-state index contributed by atoms with van der Waals surface area (Å²) in [5, 5.41) is 13.6. The lowest BCUT2D eigenvalue weighted by Crippen LogP contribution is -2.57. The normalized spacial score (nSPS) is 33.4. The summed E-state index contributed by atoms with van der Waals surface area (Å²) in [5.41, 5.74) is -0.682. The molecule has 2 bridgehead atoms. The van der Waals surface area contributed by atoms with Gasteiger partial charge in [-0.2, -0.15) is 0 Å². The minimum Gasteiger partial charge on any atom is -0.466 e. The van der Waals surface area contributed by atoms with Crippen LogP contribution >= 0.6 is 27.5 Å². The number of likely N-dealkylation sites (tertiary alicyclic amines) is 1. The highest BCUT2D eigenvalue weighted by molar-refractivity contribution is 9.09. The van der Waals surface area contributed by atoms with E-state index in [1.54, 1.807) is 31.2 Å². The van der Waals surface area contributed by atoms with Crippen LogP contribution in [0.1, 0.15) is 27.2 Å². The van der Waals surface area contributed by atoms with Crippen molar-refractivity contribution in [3.8, 4) is 0 Å². The molecule has 33 heavy (non-hydrogen) atoms. The Morgan fingerprint density at radius 1 is 1.36 bits per heavy atom. The second-order valence-corrected chi connectivity index (χ2v) is 10.8. The van der Waals surface area contributed by atoms with E-state index in [0.29, 0.717) is 17.1 Å². The van der Waals surface area contributed by atoms with Gasteiger partial charge in [-0.15, -0.1) is 0 Å². The quantitative estimate of drug-likeness (QED) is 0.405. The highest BCUT2D eigenvalue weighted by Gasteiger charge is 2.77. The Hall–Kier alpha value is -1.68. The summed E-state index contributed by atoms with van der Waals surface area (Å²) in [6.07, 6.45) is -0.187. The SMILES string of the molecule is CCOC(=O)[C@H]1[C@@H]2OC3(CC2Br)C(C(=O)Nc2ccc(Cl)cc2)N([C@@H](CO)C(C)C)C(=O)[C@H]13. The van der Waals surface area contributed by atoms with E-state index in [-0.39, 0.29) is 29.9 Å². The third-order valence-electron chi connectivity index (χ3n) is 6.96. The molecule has 10 heteroatoms. The lowest BCUT2D eigenvalue weighted by atomic mass is 9.70. The van der Waals surface area contributed by atoms with Crippen molar-refractivity contribution in [3.63, 3.8) is 0 Å². The van der Waals surface area contributed by atoms with E-state index in [9.17, 15) is 19.5 Å². The summed E-state index contributed by atoms with van der Waals surface area (Å²) in [5.74, 6) is -3.10. The van der Waals surface area contributed by atoms with Gasteiger partial charge in [0.15, 0.2) is 0 Å². The molecule has 3 fully saturated rings.